The molecule has 14 heteroatoms. The van der Waals surface area contributed by atoms with Crippen LogP contribution in [0, 0.1) is 11.7 Å². The number of rotatable bonds is 9. The van der Waals surface area contributed by atoms with Crippen molar-refractivity contribution in [3.8, 4) is 5.75 Å². The third-order valence-electron chi connectivity index (χ3n) is 6.64. The molecule has 1 aromatic heterocycles. The van der Waals surface area contributed by atoms with E-state index >= 15 is 0 Å². The second-order valence-corrected chi connectivity index (χ2v) is 14.5. The summed E-state index contributed by atoms with van der Waals surface area (Å²) in [6.07, 6.45) is -0.679. The van der Waals surface area contributed by atoms with Gasteiger partial charge < -0.3 is 14.7 Å². The van der Waals surface area contributed by atoms with E-state index in [9.17, 15) is 31.1 Å². The van der Waals surface area contributed by atoms with Gasteiger partial charge in [0, 0.05) is 25.2 Å². The molecule has 3 aromatic rings. The van der Waals surface area contributed by atoms with Crippen molar-refractivity contribution in [1.82, 2.24) is 9.21 Å². The highest BCUT2D eigenvalue weighted by Gasteiger charge is 2.35. The topological polar surface area (TPSA) is 133 Å². The molecule has 0 radical (unpaired) electrons. The number of fused-ring (bicyclic) bond motifs is 1. The summed E-state index contributed by atoms with van der Waals surface area (Å²) in [4.78, 5) is 14.9. The Morgan fingerprint density at radius 1 is 1.18 bits per heavy atom. The van der Waals surface area contributed by atoms with Crippen LogP contribution in [-0.4, -0.2) is 75.9 Å². The van der Waals surface area contributed by atoms with E-state index in [2.05, 4.69) is 4.72 Å². The van der Waals surface area contributed by atoms with Gasteiger partial charge in [0.15, 0.2) is 0 Å². The highest BCUT2D eigenvalue weighted by atomic mass is 32.2. The number of ether oxygens (including phenoxy) is 1. The molecule has 0 unspecified atom stereocenters. The number of likely N-dealkylation sites (N-methyl/N-ethyl adjacent to an activating group) is 1. The van der Waals surface area contributed by atoms with Gasteiger partial charge in [0.25, 0.3) is 26.0 Å². The lowest BCUT2D eigenvalue weighted by Gasteiger charge is -2.38. The number of benzene rings is 2. The van der Waals surface area contributed by atoms with Crippen molar-refractivity contribution >= 4 is 43.0 Å². The molecule has 0 saturated carbocycles. The predicted molar refractivity (Wildman–Crippen MR) is 149 cm³/mol. The lowest BCUT2D eigenvalue weighted by atomic mass is 9.99. The Morgan fingerprint density at radius 3 is 2.50 bits per heavy atom. The summed E-state index contributed by atoms with van der Waals surface area (Å²) in [6.45, 7) is 3.33. The van der Waals surface area contributed by atoms with E-state index in [0.29, 0.717) is 0 Å². The Labute approximate surface area is 237 Å². The molecular formula is C26H30FN3O7S3. The van der Waals surface area contributed by atoms with Crippen LogP contribution in [0.25, 0.3) is 0 Å². The summed E-state index contributed by atoms with van der Waals surface area (Å²) in [5, 5.41) is 11.5. The van der Waals surface area contributed by atoms with Crippen molar-refractivity contribution in [1.29, 1.82) is 0 Å². The third kappa shape index (κ3) is 6.31. The lowest BCUT2D eigenvalue weighted by Crippen LogP contribution is -2.50. The van der Waals surface area contributed by atoms with Gasteiger partial charge in [-0.05, 0) is 60.8 Å². The zero-order valence-electron chi connectivity index (χ0n) is 22.0. The first kappa shape index (κ1) is 29.9. The maximum absolute atomic E-state index is 13.6. The van der Waals surface area contributed by atoms with Gasteiger partial charge in [0.2, 0.25) is 0 Å². The van der Waals surface area contributed by atoms with Crippen LogP contribution in [0.1, 0.15) is 24.2 Å². The number of hydrogen-bond donors (Lipinski definition) is 2. The smallest absolute Gasteiger partial charge is 0.261 e. The number of hydrogen-bond acceptors (Lipinski definition) is 8. The molecule has 10 nitrogen and oxygen atoms in total. The zero-order chi connectivity index (χ0) is 29.2. The first-order valence-electron chi connectivity index (χ1n) is 12.3. The van der Waals surface area contributed by atoms with Crippen LogP contribution in [0.4, 0.5) is 10.1 Å². The van der Waals surface area contributed by atoms with Crippen LogP contribution in [0.2, 0.25) is 0 Å². The molecule has 2 heterocycles. The molecule has 40 heavy (non-hydrogen) atoms. The van der Waals surface area contributed by atoms with E-state index in [1.54, 1.807) is 18.4 Å². The number of aliphatic hydroxyl groups is 1. The van der Waals surface area contributed by atoms with Crippen LogP contribution < -0.4 is 9.46 Å². The number of anilines is 1. The van der Waals surface area contributed by atoms with Gasteiger partial charge in [0.1, 0.15) is 21.9 Å². The molecule has 0 spiro atoms. The number of carbonyl (C=O) groups is 1. The minimum Gasteiger partial charge on any atom is -0.488 e. The molecule has 2 aromatic carbocycles. The molecule has 1 aliphatic heterocycles. The summed E-state index contributed by atoms with van der Waals surface area (Å²) in [5.41, 5.74) is 0.111. The van der Waals surface area contributed by atoms with Gasteiger partial charge in [-0.2, -0.15) is 4.31 Å². The van der Waals surface area contributed by atoms with Crippen LogP contribution in [0.15, 0.2) is 69.1 Å². The molecular weight excluding hydrogens is 581 g/mol. The number of nitrogens with one attached hydrogen (secondary N) is 1. The van der Waals surface area contributed by atoms with Gasteiger partial charge in [-0.15, -0.1) is 11.3 Å². The summed E-state index contributed by atoms with van der Waals surface area (Å²) >= 11 is 1.10. The van der Waals surface area contributed by atoms with E-state index in [4.69, 9.17) is 4.74 Å². The normalized spacial score (nSPS) is 18.9. The monoisotopic (exact) mass is 611 g/mol. The van der Waals surface area contributed by atoms with Gasteiger partial charge >= 0.3 is 0 Å². The number of amides is 1. The summed E-state index contributed by atoms with van der Waals surface area (Å²) < 4.78 is 75.1. The van der Waals surface area contributed by atoms with Crippen LogP contribution in [0.5, 0.6) is 5.75 Å². The van der Waals surface area contributed by atoms with Crippen molar-refractivity contribution in [3.63, 3.8) is 0 Å². The highest BCUT2D eigenvalue weighted by Crippen LogP contribution is 2.32. The van der Waals surface area contributed by atoms with E-state index in [1.807, 2.05) is 6.92 Å². The number of thiophene rings is 1. The third-order valence-corrected chi connectivity index (χ3v) is 11.2. The molecule has 0 bridgehead atoms. The van der Waals surface area contributed by atoms with Crippen molar-refractivity contribution in [3.05, 3.63) is 71.4 Å². The molecule has 4 rings (SSSR count). The fourth-order valence-electron chi connectivity index (χ4n) is 4.25. The Bertz CT molecular complexity index is 1560. The second-order valence-electron chi connectivity index (χ2n) is 9.61. The number of nitrogens with zero attached hydrogens (tertiary/aromatic N) is 2. The zero-order valence-corrected chi connectivity index (χ0v) is 24.5. The van der Waals surface area contributed by atoms with Gasteiger partial charge in [-0.3, -0.25) is 9.52 Å². The Morgan fingerprint density at radius 2 is 1.88 bits per heavy atom. The molecule has 1 aliphatic rings. The molecule has 0 aliphatic carbocycles. The quantitative estimate of drug-likeness (QED) is 0.380. The Balaban J connectivity index is 1.68. The molecule has 216 valence electrons. The molecule has 0 saturated heterocycles. The van der Waals surface area contributed by atoms with E-state index in [0.717, 1.165) is 35.6 Å². The number of halogens is 1. The van der Waals surface area contributed by atoms with Crippen molar-refractivity contribution < 1.29 is 35.9 Å². The van der Waals surface area contributed by atoms with Crippen molar-refractivity contribution in [2.45, 2.75) is 35.1 Å². The number of sulfonamides is 2. The van der Waals surface area contributed by atoms with Crippen molar-refractivity contribution in [2.24, 2.45) is 5.92 Å². The minimum absolute atomic E-state index is 0.0185. The first-order valence-corrected chi connectivity index (χ1v) is 16.1. The van der Waals surface area contributed by atoms with E-state index in [1.165, 1.54) is 40.5 Å². The average Bonchev–Trinajstić information content (AvgIpc) is 3.47. The SMILES string of the molecule is C[C@@H]1CN([C@H](C)CO)C(=O)c2cc(NS(=O)(=O)c3ccc(F)cc3)ccc2O[C@H]1CN(C)S(=O)(=O)c1cccs1. The maximum atomic E-state index is 13.6. The maximum Gasteiger partial charge on any atom is 0.261 e. The summed E-state index contributed by atoms with van der Waals surface area (Å²) in [7, 11) is -6.40. The second kappa shape index (κ2) is 11.8. The Kier molecular flexibility index (Phi) is 8.85. The fourth-order valence-corrected chi connectivity index (χ4v) is 7.68. The first-order chi connectivity index (χ1) is 18.8. The summed E-state index contributed by atoms with van der Waals surface area (Å²) in [5.74, 6) is -1.25. The standard InChI is InChI=1S/C26H30FN3O7S3/c1-17-14-30(18(2)16-31)26(32)22-13-20(28-39(33,34)21-9-6-19(27)7-10-21)8-11-23(22)37-24(17)15-29(3)40(35,36)25-5-4-12-38-25/h4-13,17-18,24,28,31H,14-16H2,1-3H3/t17-,18-,24+/m1/s1. The lowest BCUT2D eigenvalue weighted by molar-refractivity contribution is 0.0387. The minimum atomic E-state index is -4.09. The van der Waals surface area contributed by atoms with Crippen LogP contribution >= 0.6 is 11.3 Å². The van der Waals surface area contributed by atoms with Gasteiger partial charge in [-0.1, -0.05) is 13.0 Å². The van der Waals surface area contributed by atoms with Crippen LogP contribution in [0.3, 0.4) is 0 Å². The average molecular weight is 612 g/mol. The number of aliphatic hydroxyl groups excluding tert-OH is 1. The van der Waals surface area contributed by atoms with Crippen LogP contribution in [-0.2, 0) is 20.0 Å². The largest absolute Gasteiger partial charge is 0.488 e. The van der Waals surface area contributed by atoms with E-state index < -0.39 is 43.9 Å². The molecule has 1 amide bonds. The molecule has 3 atom stereocenters. The molecule has 2 N–H and O–H groups in total. The van der Waals surface area contributed by atoms with Gasteiger partial charge in [0.05, 0.1) is 29.7 Å². The molecule has 0 fully saturated rings. The van der Waals surface area contributed by atoms with E-state index in [-0.39, 0.29) is 51.7 Å². The highest BCUT2D eigenvalue weighted by molar-refractivity contribution is 7.92. The predicted octanol–water partition coefficient (Wildman–Crippen LogP) is 3.23. The van der Waals surface area contributed by atoms with Crippen molar-refractivity contribution in [2.75, 3.05) is 31.5 Å². The number of carbonyl (C=O) groups excluding carboxylic acids is 1. The summed E-state index contributed by atoms with van der Waals surface area (Å²) in [6, 6.07) is 11.1. The fraction of sp³-hybridized carbons (Fsp3) is 0.346. The Hall–Kier alpha value is -3.04. The van der Waals surface area contributed by atoms with Gasteiger partial charge in [-0.25, -0.2) is 21.2 Å².